The number of hydrazine groups is 1. The second-order valence-corrected chi connectivity index (χ2v) is 7.17. The van der Waals surface area contributed by atoms with Gasteiger partial charge in [0.2, 0.25) is 0 Å². The summed E-state index contributed by atoms with van der Waals surface area (Å²) in [4.78, 5) is 0. The smallest absolute Gasteiger partial charge is 0.329 e. The first-order valence-corrected chi connectivity index (χ1v) is 7.45. The van der Waals surface area contributed by atoms with Gasteiger partial charge in [0.15, 0.2) is 0 Å². The molecule has 1 aliphatic heterocycles. The summed E-state index contributed by atoms with van der Waals surface area (Å²) in [5.74, 6) is 0.704. The molecular formula is C15H30BN2O2. The van der Waals surface area contributed by atoms with Crippen molar-refractivity contribution in [2.75, 3.05) is 20.1 Å². The molecular weight excluding hydrogens is 251 g/mol. The van der Waals surface area contributed by atoms with E-state index in [2.05, 4.69) is 37.1 Å². The standard InChI is InChI=1S/C15H30BN2O2/c1-12(2)8-9-18-11-13(10-17(18)7)16-20-15(5,6)14(3,4)19/h11-12,19H,8-10H2,1-7H3. The Hall–Kier alpha value is -0.515. The summed E-state index contributed by atoms with van der Waals surface area (Å²) in [6, 6.07) is 0. The first kappa shape index (κ1) is 17.5. The predicted molar refractivity (Wildman–Crippen MR) is 84.1 cm³/mol. The SMILES string of the molecule is CC(C)CCN1C=C([B]OC(C)(C)C(C)(C)O)CN1C. The molecule has 5 heteroatoms. The molecule has 0 aliphatic carbocycles. The van der Waals surface area contributed by atoms with E-state index in [1.165, 1.54) is 6.42 Å². The highest BCUT2D eigenvalue weighted by Gasteiger charge is 2.36. The first-order chi connectivity index (χ1) is 9.03. The zero-order valence-electron chi connectivity index (χ0n) is 14.1. The molecule has 0 aromatic heterocycles. The second-order valence-electron chi connectivity index (χ2n) is 7.17. The average Bonchev–Trinajstić information content (AvgIpc) is 2.63. The molecule has 0 atom stereocenters. The maximum Gasteiger partial charge on any atom is 0.329 e. The monoisotopic (exact) mass is 281 g/mol. The average molecular weight is 281 g/mol. The highest BCUT2D eigenvalue weighted by molar-refractivity contribution is 6.38. The van der Waals surface area contributed by atoms with Crippen LogP contribution in [0.1, 0.15) is 48.0 Å². The largest absolute Gasteiger partial charge is 0.427 e. The predicted octanol–water partition coefficient (Wildman–Crippen LogP) is 2.22. The Morgan fingerprint density at radius 1 is 1.35 bits per heavy atom. The number of hydrogen-bond donors (Lipinski definition) is 1. The molecule has 0 aromatic carbocycles. The molecule has 0 amide bonds. The summed E-state index contributed by atoms with van der Waals surface area (Å²) in [6.45, 7) is 13.7. The quantitative estimate of drug-likeness (QED) is 0.726. The van der Waals surface area contributed by atoms with Crippen LogP contribution in [0.4, 0.5) is 0 Å². The molecule has 0 unspecified atom stereocenters. The number of likely N-dealkylation sites (N-methyl/N-ethyl adjacent to an activating group) is 1. The third kappa shape index (κ3) is 4.79. The van der Waals surface area contributed by atoms with E-state index in [-0.39, 0.29) is 0 Å². The second kappa shape index (κ2) is 6.50. The normalized spacial score (nSPS) is 17.9. The van der Waals surface area contributed by atoms with Crippen LogP contribution in [0.2, 0.25) is 0 Å². The van der Waals surface area contributed by atoms with Gasteiger partial charge in [0.05, 0.1) is 11.2 Å². The molecule has 0 saturated heterocycles. The van der Waals surface area contributed by atoms with Crippen molar-refractivity contribution in [1.29, 1.82) is 0 Å². The van der Waals surface area contributed by atoms with Gasteiger partial charge in [-0.3, -0.25) is 0 Å². The van der Waals surface area contributed by atoms with Crippen LogP contribution in [-0.2, 0) is 4.65 Å². The molecule has 1 rings (SSSR count). The number of nitrogens with zero attached hydrogens (tertiary/aromatic N) is 2. The molecule has 0 bridgehead atoms. The van der Waals surface area contributed by atoms with Gasteiger partial charge in [-0.2, -0.15) is 0 Å². The fraction of sp³-hybridized carbons (Fsp3) is 0.867. The third-order valence-electron chi connectivity index (χ3n) is 4.08. The Bertz CT molecular complexity index is 348. The van der Waals surface area contributed by atoms with E-state index in [0.717, 1.165) is 18.6 Å². The number of rotatable bonds is 7. The van der Waals surface area contributed by atoms with Gasteiger partial charge in [-0.1, -0.05) is 13.8 Å². The van der Waals surface area contributed by atoms with Crippen LogP contribution in [0.3, 0.4) is 0 Å². The molecule has 20 heavy (non-hydrogen) atoms. The van der Waals surface area contributed by atoms with Crippen molar-refractivity contribution in [2.24, 2.45) is 5.92 Å². The van der Waals surface area contributed by atoms with Crippen LogP contribution in [0, 0.1) is 5.92 Å². The number of hydrogen-bond acceptors (Lipinski definition) is 4. The molecule has 1 heterocycles. The first-order valence-electron chi connectivity index (χ1n) is 7.45. The summed E-state index contributed by atoms with van der Waals surface area (Å²) < 4.78 is 5.80. The Morgan fingerprint density at radius 2 is 1.95 bits per heavy atom. The van der Waals surface area contributed by atoms with Crippen molar-refractivity contribution >= 4 is 7.48 Å². The van der Waals surface area contributed by atoms with Gasteiger partial charge in [0.1, 0.15) is 0 Å². The van der Waals surface area contributed by atoms with Crippen LogP contribution < -0.4 is 0 Å². The molecule has 0 spiro atoms. The lowest BCUT2D eigenvalue weighted by Gasteiger charge is -2.37. The van der Waals surface area contributed by atoms with Crippen LogP contribution >= 0.6 is 0 Å². The summed E-state index contributed by atoms with van der Waals surface area (Å²) in [5.41, 5.74) is -0.363. The summed E-state index contributed by atoms with van der Waals surface area (Å²) in [7, 11) is 3.86. The Balaban J connectivity index is 2.51. The van der Waals surface area contributed by atoms with Crippen LogP contribution in [0.25, 0.3) is 0 Å². The molecule has 1 radical (unpaired) electrons. The van der Waals surface area contributed by atoms with Gasteiger partial charge >= 0.3 is 7.48 Å². The van der Waals surface area contributed by atoms with Crippen LogP contribution in [0.15, 0.2) is 11.7 Å². The fourth-order valence-corrected chi connectivity index (χ4v) is 1.75. The minimum atomic E-state index is -0.883. The summed E-state index contributed by atoms with van der Waals surface area (Å²) >= 11 is 0. The lowest BCUT2D eigenvalue weighted by Crippen LogP contribution is -2.48. The maximum absolute atomic E-state index is 10.1. The van der Waals surface area contributed by atoms with Crippen molar-refractivity contribution in [3.63, 3.8) is 0 Å². The molecule has 0 aromatic rings. The van der Waals surface area contributed by atoms with Gasteiger partial charge in [0.25, 0.3) is 0 Å². The van der Waals surface area contributed by atoms with Gasteiger partial charge in [-0.05, 0) is 45.5 Å². The Labute approximate surface area is 125 Å². The van der Waals surface area contributed by atoms with Gasteiger partial charge in [-0.25, -0.2) is 5.01 Å². The van der Waals surface area contributed by atoms with E-state index in [0.29, 0.717) is 5.92 Å². The van der Waals surface area contributed by atoms with Crippen molar-refractivity contribution in [2.45, 2.75) is 59.2 Å². The van der Waals surface area contributed by atoms with Crippen molar-refractivity contribution in [3.8, 4) is 0 Å². The number of aliphatic hydroxyl groups is 1. The molecule has 4 nitrogen and oxygen atoms in total. The minimum Gasteiger partial charge on any atom is -0.427 e. The summed E-state index contributed by atoms with van der Waals surface area (Å²) in [5, 5.41) is 14.5. The Morgan fingerprint density at radius 3 is 2.45 bits per heavy atom. The highest BCUT2D eigenvalue weighted by atomic mass is 16.5. The maximum atomic E-state index is 10.1. The van der Waals surface area contributed by atoms with Gasteiger partial charge < -0.3 is 14.8 Å². The molecule has 0 fully saturated rings. The van der Waals surface area contributed by atoms with Crippen molar-refractivity contribution in [3.05, 3.63) is 11.7 Å². The molecule has 115 valence electrons. The zero-order valence-corrected chi connectivity index (χ0v) is 14.1. The van der Waals surface area contributed by atoms with Gasteiger partial charge in [-0.15, -0.1) is 0 Å². The van der Waals surface area contributed by atoms with E-state index >= 15 is 0 Å². The van der Waals surface area contributed by atoms with Crippen LogP contribution in [-0.4, -0.2) is 53.9 Å². The highest BCUT2D eigenvalue weighted by Crippen LogP contribution is 2.25. The van der Waals surface area contributed by atoms with Crippen molar-refractivity contribution in [1.82, 2.24) is 10.0 Å². The lowest BCUT2D eigenvalue weighted by atomic mass is 9.82. The molecule has 0 saturated carbocycles. The topological polar surface area (TPSA) is 35.9 Å². The van der Waals surface area contributed by atoms with E-state index in [4.69, 9.17) is 4.65 Å². The zero-order chi connectivity index (χ0) is 15.6. The van der Waals surface area contributed by atoms with E-state index in [1.54, 1.807) is 21.3 Å². The third-order valence-corrected chi connectivity index (χ3v) is 4.08. The Kier molecular flexibility index (Phi) is 5.70. The molecule has 1 aliphatic rings. The minimum absolute atomic E-state index is 0.613. The van der Waals surface area contributed by atoms with E-state index < -0.39 is 11.2 Å². The van der Waals surface area contributed by atoms with E-state index in [1.807, 2.05) is 13.8 Å². The van der Waals surface area contributed by atoms with E-state index in [9.17, 15) is 5.11 Å². The van der Waals surface area contributed by atoms with Crippen LogP contribution in [0.5, 0.6) is 0 Å². The lowest BCUT2D eigenvalue weighted by molar-refractivity contribution is -0.0897. The molecule has 1 N–H and O–H groups in total. The summed E-state index contributed by atoms with van der Waals surface area (Å²) in [6.07, 6.45) is 3.30. The van der Waals surface area contributed by atoms with Gasteiger partial charge in [0, 0.05) is 26.3 Å². The fourth-order valence-electron chi connectivity index (χ4n) is 1.75. The van der Waals surface area contributed by atoms with Crippen molar-refractivity contribution < 1.29 is 9.76 Å².